The molecule has 6 nitrogen and oxygen atoms in total. The van der Waals surface area contributed by atoms with E-state index in [4.69, 9.17) is 14.2 Å². The van der Waals surface area contributed by atoms with Crippen molar-refractivity contribution in [2.75, 3.05) is 13.2 Å². The second kappa shape index (κ2) is 54.7. The largest absolute Gasteiger partial charge is 0.462 e. The molecule has 0 aliphatic heterocycles. The molecule has 0 fully saturated rings. The van der Waals surface area contributed by atoms with Crippen molar-refractivity contribution in [3.63, 3.8) is 0 Å². The number of hydrogen-bond acceptors (Lipinski definition) is 6. The maximum absolute atomic E-state index is 12.8. The highest BCUT2D eigenvalue weighted by atomic mass is 16.6. The van der Waals surface area contributed by atoms with Crippen LogP contribution in [-0.4, -0.2) is 37.2 Å². The minimum absolute atomic E-state index is 0.0894. The summed E-state index contributed by atoms with van der Waals surface area (Å²) < 4.78 is 16.8. The second-order valence-corrected chi connectivity index (χ2v) is 18.8. The van der Waals surface area contributed by atoms with E-state index < -0.39 is 6.10 Å². The maximum atomic E-state index is 12.8. The van der Waals surface area contributed by atoms with Crippen molar-refractivity contribution in [2.45, 2.75) is 290 Å². The fourth-order valence-electron chi connectivity index (χ4n) is 8.02. The molecule has 382 valence electrons. The zero-order valence-corrected chi connectivity index (χ0v) is 43.7. The Labute approximate surface area is 409 Å². The van der Waals surface area contributed by atoms with Crippen molar-refractivity contribution in [1.82, 2.24) is 0 Å². The molecule has 0 aromatic carbocycles. The molecule has 0 aliphatic carbocycles. The van der Waals surface area contributed by atoms with Crippen molar-refractivity contribution in [1.29, 1.82) is 0 Å². The number of unbranched alkanes of at least 4 members (excludes halogenated alkanes) is 30. The summed E-state index contributed by atoms with van der Waals surface area (Å²) in [5.74, 6) is -0.927. The highest BCUT2D eigenvalue weighted by Crippen LogP contribution is 2.16. The third-order valence-corrected chi connectivity index (χ3v) is 12.3. The molecule has 0 rings (SSSR count). The molecular formula is C60H106O6. The van der Waals surface area contributed by atoms with Gasteiger partial charge in [0.2, 0.25) is 0 Å². The zero-order chi connectivity index (χ0) is 47.9. The van der Waals surface area contributed by atoms with Crippen LogP contribution in [0.25, 0.3) is 0 Å². The fraction of sp³-hybridized carbons (Fsp3) is 0.783. The fourth-order valence-corrected chi connectivity index (χ4v) is 8.02. The molecule has 0 radical (unpaired) electrons. The van der Waals surface area contributed by atoms with Crippen LogP contribution in [0.4, 0.5) is 0 Å². The molecular weight excluding hydrogens is 817 g/mol. The van der Waals surface area contributed by atoms with E-state index in [1.807, 2.05) is 0 Å². The highest BCUT2D eigenvalue weighted by molar-refractivity contribution is 5.71. The van der Waals surface area contributed by atoms with Crippen LogP contribution in [-0.2, 0) is 28.6 Å². The summed E-state index contributed by atoms with van der Waals surface area (Å²) in [7, 11) is 0. The molecule has 0 aromatic rings. The van der Waals surface area contributed by atoms with Gasteiger partial charge in [0.1, 0.15) is 13.2 Å². The Morgan fingerprint density at radius 1 is 0.318 bits per heavy atom. The van der Waals surface area contributed by atoms with Crippen molar-refractivity contribution >= 4 is 17.9 Å². The topological polar surface area (TPSA) is 78.9 Å². The smallest absolute Gasteiger partial charge is 0.306 e. The first kappa shape index (κ1) is 63.1. The summed E-state index contributed by atoms with van der Waals surface area (Å²) in [4.78, 5) is 38.1. The van der Waals surface area contributed by atoms with E-state index in [1.165, 1.54) is 141 Å². The first-order chi connectivity index (χ1) is 32.5. The van der Waals surface area contributed by atoms with Crippen LogP contribution in [0.3, 0.4) is 0 Å². The second-order valence-electron chi connectivity index (χ2n) is 18.8. The van der Waals surface area contributed by atoms with E-state index in [0.29, 0.717) is 19.3 Å². The summed E-state index contributed by atoms with van der Waals surface area (Å²) >= 11 is 0. The van der Waals surface area contributed by atoms with Crippen molar-refractivity contribution in [2.24, 2.45) is 0 Å². The van der Waals surface area contributed by atoms with Gasteiger partial charge in [-0.3, -0.25) is 14.4 Å². The van der Waals surface area contributed by atoms with Gasteiger partial charge in [0, 0.05) is 19.3 Å². The molecule has 0 N–H and O–H groups in total. The van der Waals surface area contributed by atoms with E-state index >= 15 is 0 Å². The van der Waals surface area contributed by atoms with E-state index in [0.717, 1.165) is 103 Å². The Morgan fingerprint density at radius 2 is 0.591 bits per heavy atom. The zero-order valence-electron chi connectivity index (χ0n) is 43.7. The predicted molar refractivity (Wildman–Crippen MR) is 284 cm³/mol. The Morgan fingerprint density at radius 3 is 0.955 bits per heavy atom. The Balaban J connectivity index is 4.39. The standard InChI is InChI=1S/C60H106O6/c1-4-7-10-13-16-19-22-25-27-29-30-31-33-35-38-41-44-47-50-53-59(62)65-56-57(55-64-58(61)52-49-46-43-40-37-34-24-21-18-15-12-9-6-3)66-60(63)54-51-48-45-42-39-36-32-28-26-23-20-17-14-11-8-5-2/h8,11,17,20,26,28,34,36-37,39,57H,4-7,9-10,12-16,18-19,21-25,27,29-33,35,38,40-56H2,1-3H3/b11-8-,20-17-,28-26-,37-34-,39-36-. The number of allylic oxidation sites excluding steroid dienone is 10. The Bertz CT molecular complexity index is 1200. The summed E-state index contributed by atoms with van der Waals surface area (Å²) in [6.07, 6.45) is 67.9. The molecule has 0 aromatic heterocycles. The van der Waals surface area contributed by atoms with Gasteiger partial charge in [-0.2, -0.15) is 0 Å². The van der Waals surface area contributed by atoms with Crippen LogP contribution in [0.5, 0.6) is 0 Å². The quantitative estimate of drug-likeness (QED) is 0.0262. The number of ether oxygens (including phenoxy) is 3. The normalized spacial score (nSPS) is 12.5. The van der Waals surface area contributed by atoms with Gasteiger partial charge in [-0.05, 0) is 83.5 Å². The molecule has 66 heavy (non-hydrogen) atoms. The molecule has 0 aliphatic rings. The third-order valence-electron chi connectivity index (χ3n) is 12.3. The van der Waals surface area contributed by atoms with E-state index in [-0.39, 0.29) is 31.1 Å². The Kier molecular flexibility index (Phi) is 52.3. The van der Waals surface area contributed by atoms with Crippen LogP contribution in [0, 0.1) is 0 Å². The number of esters is 3. The first-order valence-corrected chi connectivity index (χ1v) is 28.3. The van der Waals surface area contributed by atoms with Gasteiger partial charge in [0.25, 0.3) is 0 Å². The van der Waals surface area contributed by atoms with E-state index in [9.17, 15) is 14.4 Å². The van der Waals surface area contributed by atoms with Gasteiger partial charge < -0.3 is 14.2 Å². The summed E-state index contributed by atoms with van der Waals surface area (Å²) in [6, 6.07) is 0. The lowest BCUT2D eigenvalue weighted by molar-refractivity contribution is -0.167. The van der Waals surface area contributed by atoms with Gasteiger partial charge in [0.15, 0.2) is 6.10 Å². The molecule has 1 unspecified atom stereocenters. The first-order valence-electron chi connectivity index (χ1n) is 28.3. The van der Waals surface area contributed by atoms with Gasteiger partial charge in [-0.1, -0.05) is 242 Å². The monoisotopic (exact) mass is 923 g/mol. The number of carbonyl (C=O) groups excluding carboxylic acids is 3. The van der Waals surface area contributed by atoms with Crippen LogP contribution in [0.2, 0.25) is 0 Å². The van der Waals surface area contributed by atoms with Crippen LogP contribution in [0.1, 0.15) is 284 Å². The van der Waals surface area contributed by atoms with Gasteiger partial charge in [-0.25, -0.2) is 0 Å². The molecule has 0 spiro atoms. The lowest BCUT2D eigenvalue weighted by Crippen LogP contribution is -2.30. The van der Waals surface area contributed by atoms with E-state index in [1.54, 1.807) is 0 Å². The van der Waals surface area contributed by atoms with Crippen LogP contribution < -0.4 is 0 Å². The number of carbonyl (C=O) groups is 3. The third kappa shape index (κ3) is 52.1. The Hall–Kier alpha value is -2.89. The van der Waals surface area contributed by atoms with Gasteiger partial charge >= 0.3 is 17.9 Å². The molecule has 6 heteroatoms. The van der Waals surface area contributed by atoms with Crippen molar-refractivity contribution < 1.29 is 28.6 Å². The molecule has 0 amide bonds. The average Bonchev–Trinajstić information content (AvgIpc) is 3.31. The van der Waals surface area contributed by atoms with Gasteiger partial charge in [-0.15, -0.1) is 0 Å². The average molecular weight is 924 g/mol. The molecule has 0 heterocycles. The molecule has 0 saturated carbocycles. The minimum atomic E-state index is -0.795. The molecule has 0 saturated heterocycles. The predicted octanol–water partition coefficient (Wildman–Crippen LogP) is 18.8. The highest BCUT2D eigenvalue weighted by Gasteiger charge is 2.19. The van der Waals surface area contributed by atoms with Crippen molar-refractivity contribution in [3.8, 4) is 0 Å². The lowest BCUT2D eigenvalue weighted by Gasteiger charge is -2.18. The summed E-state index contributed by atoms with van der Waals surface area (Å²) in [5, 5.41) is 0. The van der Waals surface area contributed by atoms with Gasteiger partial charge in [0.05, 0.1) is 0 Å². The summed E-state index contributed by atoms with van der Waals surface area (Å²) in [6.45, 7) is 6.50. The molecule has 0 bridgehead atoms. The number of hydrogen-bond donors (Lipinski definition) is 0. The van der Waals surface area contributed by atoms with Crippen LogP contribution >= 0.6 is 0 Å². The van der Waals surface area contributed by atoms with Crippen LogP contribution in [0.15, 0.2) is 60.8 Å². The van der Waals surface area contributed by atoms with E-state index in [2.05, 4.69) is 81.5 Å². The van der Waals surface area contributed by atoms with Crippen molar-refractivity contribution in [3.05, 3.63) is 60.8 Å². The SMILES string of the molecule is CC/C=C\C/C=C\C/C=C\C/C=C\CCCCCC(=O)OC(COC(=O)CCCCC/C=C\CCCCCCCC)COC(=O)CCCCCCCCCCCCCCCCCCCCC. The lowest BCUT2D eigenvalue weighted by atomic mass is 10.0. The summed E-state index contributed by atoms with van der Waals surface area (Å²) in [5.41, 5.74) is 0. The number of rotatable bonds is 51. The molecule has 1 atom stereocenters. The minimum Gasteiger partial charge on any atom is -0.462 e. The maximum Gasteiger partial charge on any atom is 0.306 e.